The molecule has 0 radical (unpaired) electrons. The van der Waals surface area contributed by atoms with Gasteiger partial charge in [-0.15, -0.1) is 0 Å². The molecule has 0 spiro atoms. The maximum atomic E-state index is 12.6. The first kappa shape index (κ1) is 12.9. The zero-order valence-corrected chi connectivity index (χ0v) is 11.6. The number of nitrogens with zero attached hydrogens (tertiary/aromatic N) is 3. The van der Waals surface area contributed by atoms with Crippen molar-refractivity contribution in [2.24, 2.45) is 7.05 Å². The summed E-state index contributed by atoms with van der Waals surface area (Å²) < 4.78 is 12.5. The van der Waals surface area contributed by atoms with Gasteiger partial charge in [0.15, 0.2) is 5.69 Å². The molecule has 20 heavy (non-hydrogen) atoms. The lowest BCUT2D eigenvalue weighted by Gasteiger charge is -2.35. The van der Waals surface area contributed by atoms with Gasteiger partial charge in [0.2, 0.25) is 0 Å². The predicted molar refractivity (Wildman–Crippen MR) is 71.2 cm³/mol. The van der Waals surface area contributed by atoms with Crippen LogP contribution in [0.1, 0.15) is 28.0 Å². The number of carbonyl (C=O) groups excluding carboxylic acids is 1. The van der Waals surface area contributed by atoms with Crippen LogP contribution in [0.4, 0.5) is 0 Å². The third-order valence-corrected chi connectivity index (χ3v) is 3.56. The van der Waals surface area contributed by atoms with Crippen molar-refractivity contribution in [1.82, 2.24) is 14.6 Å². The number of carbonyl (C=O) groups is 1. The largest absolute Gasteiger partial charge is 0.377 e. The fourth-order valence-electron chi connectivity index (χ4n) is 2.53. The molecule has 0 saturated carbocycles. The first-order chi connectivity index (χ1) is 9.66. The second kappa shape index (κ2) is 5.13. The molecule has 6 nitrogen and oxygen atoms in total. The highest BCUT2D eigenvalue weighted by molar-refractivity contribution is 5.92. The lowest BCUT2D eigenvalue weighted by molar-refractivity contribution is -0.00513. The van der Waals surface area contributed by atoms with Gasteiger partial charge in [-0.25, -0.2) is 0 Å². The second-order valence-electron chi connectivity index (χ2n) is 4.96. The number of amides is 1. The minimum atomic E-state index is -0.114. The van der Waals surface area contributed by atoms with Gasteiger partial charge in [-0.2, -0.15) is 0 Å². The van der Waals surface area contributed by atoms with Gasteiger partial charge in [0, 0.05) is 31.5 Å². The van der Waals surface area contributed by atoms with Crippen LogP contribution >= 0.6 is 0 Å². The van der Waals surface area contributed by atoms with E-state index in [-0.39, 0.29) is 11.9 Å². The quantitative estimate of drug-likeness (QED) is 0.834. The van der Waals surface area contributed by atoms with E-state index >= 15 is 0 Å². The maximum absolute atomic E-state index is 12.6. The number of ether oxygens (including phenoxy) is 1. The Morgan fingerprint density at radius 3 is 3.00 bits per heavy atom. The average Bonchev–Trinajstić information content (AvgIpc) is 3.07. The van der Waals surface area contributed by atoms with E-state index in [1.54, 1.807) is 17.9 Å². The molecule has 1 aliphatic rings. The first-order valence-electron chi connectivity index (χ1n) is 6.60. The third kappa shape index (κ3) is 2.22. The molecule has 1 saturated heterocycles. The van der Waals surface area contributed by atoms with E-state index in [2.05, 4.69) is 5.16 Å². The van der Waals surface area contributed by atoms with E-state index in [0.29, 0.717) is 31.2 Å². The predicted octanol–water partition coefficient (Wildman–Crippen LogP) is 1.54. The van der Waals surface area contributed by atoms with Crippen LogP contribution in [0.25, 0.3) is 0 Å². The number of rotatable bonds is 2. The summed E-state index contributed by atoms with van der Waals surface area (Å²) in [5, 5.41) is 3.82. The van der Waals surface area contributed by atoms with E-state index in [1.165, 1.54) is 0 Å². The normalized spacial score (nSPS) is 19.3. The van der Waals surface area contributed by atoms with Crippen LogP contribution < -0.4 is 0 Å². The molecule has 2 aromatic rings. The van der Waals surface area contributed by atoms with Crippen molar-refractivity contribution in [3.63, 3.8) is 0 Å². The zero-order valence-electron chi connectivity index (χ0n) is 11.6. The van der Waals surface area contributed by atoms with Crippen molar-refractivity contribution < 1.29 is 14.1 Å². The van der Waals surface area contributed by atoms with Gasteiger partial charge in [0.25, 0.3) is 5.91 Å². The van der Waals surface area contributed by atoms with Crippen molar-refractivity contribution in [2.45, 2.75) is 13.0 Å². The summed E-state index contributed by atoms with van der Waals surface area (Å²) in [7, 11) is 1.97. The summed E-state index contributed by atoms with van der Waals surface area (Å²) in [4.78, 5) is 14.4. The van der Waals surface area contributed by atoms with Crippen molar-refractivity contribution in [1.29, 1.82) is 0 Å². The minimum absolute atomic E-state index is 0.0896. The highest BCUT2D eigenvalue weighted by Gasteiger charge is 2.31. The first-order valence-corrected chi connectivity index (χ1v) is 6.60. The molecule has 6 heteroatoms. The Morgan fingerprint density at radius 1 is 1.50 bits per heavy atom. The van der Waals surface area contributed by atoms with Crippen LogP contribution in [0.2, 0.25) is 0 Å². The van der Waals surface area contributed by atoms with Crippen LogP contribution in [0.3, 0.4) is 0 Å². The van der Waals surface area contributed by atoms with Gasteiger partial charge in [0.05, 0.1) is 19.3 Å². The zero-order chi connectivity index (χ0) is 14.1. The van der Waals surface area contributed by atoms with E-state index < -0.39 is 0 Å². The van der Waals surface area contributed by atoms with E-state index in [4.69, 9.17) is 9.26 Å². The molecule has 1 fully saturated rings. The number of morpholine rings is 1. The van der Waals surface area contributed by atoms with Gasteiger partial charge in [-0.05, 0) is 19.1 Å². The summed E-state index contributed by atoms with van der Waals surface area (Å²) in [6.45, 7) is 3.38. The smallest absolute Gasteiger partial charge is 0.276 e. The Bertz CT molecular complexity index is 617. The Labute approximate surface area is 116 Å². The lowest BCUT2D eigenvalue weighted by Crippen LogP contribution is -2.44. The van der Waals surface area contributed by atoms with Crippen molar-refractivity contribution >= 4 is 5.91 Å². The standard InChI is InChI=1S/C14H17N3O3/c1-10-8-11(15-20-10)14(18)17-6-7-19-9-13(17)12-4-3-5-16(12)2/h3-5,8,13H,6-7,9H2,1-2H3/t13-/m0/s1. The van der Waals surface area contributed by atoms with Crippen molar-refractivity contribution in [2.75, 3.05) is 19.8 Å². The number of hydrogen-bond acceptors (Lipinski definition) is 4. The molecule has 1 amide bonds. The van der Waals surface area contributed by atoms with Crippen LogP contribution in [-0.4, -0.2) is 40.3 Å². The molecule has 0 aromatic carbocycles. The number of aromatic nitrogens is 2. The van der Waals surface area contributed by atoms with Crippen LogP contribution in [-0.2, 0) is 11.8 Å². The second-order valence-corrected chi connectivity index (χ2v) is 4.96. The molecule has 1 atom stereocenters. The fraction of sp³-hybridized carbons (Fsp3) is 0.429. The van der Waals surface area contributed by atoms with E-state index in [0.717, 1.165) is 5.69 Å². The summed E-state index contributed by atoms with van der Waals surface area (Å²) in [5.41, 5.74) is 1.40. The Kier molecular flexibility index (Phi) is 3.31. The molecule has 0 aliphatic carbocycles. The number of hydrogen-bond donors (Lipinski definition) is 0. The van der Waals surface area contributed by atoms with Gasteiger partial charge in [-0.1, -0.05) is 5.16 Å². The number of aryl methyl sites for hydroxylation is 2. The van der Waals surface area contributed by atoms with Crippen LogP contribution in [0.5, 0.6) is 0 Å². The summed E-state index contributed by atoms with van der Waals surface area (Å²) in [6.07, 6.45) is 1.97. The highest BCUT2D eigenvalue weighted by atomic mass is 16.5. The van der Waals surface area contributed by atoms with Gasteiger partial charge in [-0.3, -0.25) is 4.79 Å². The topological polar surface area (TPSA) is 60.5 Å². The fourth-order valence-corrected chi connectivity index (χ4v) is 2.53. The molecule has 3 heterocycles. The average molecular weight is 275 g/mol. The monoisotopic (exact) mass is 275 g/mol. The molecule has 0 bridgehead atoms. The summed E-state index contributed by atoms with van der Waals surface area (Å²) in [6, 6.07) is 5.55. The highest BCUT2D eigenvalue weighted by Crippen LogP contribution is 2.25. The van der Waals surface area contributed by atoms with Crippen LogP contribution in [0.15, 0.2) is 28.9 Å². The Balaban J connectivity index is 1.89. The van der Waals surface area contributed by atoms with Crippen LogP contribution in [0, 0.1) is 6.92 Å². The van der Waals surface area contributed by atoms with Crippen molar-refractivity contribution in [3.05, 3.63) is 41.5 Å². The summed E-state index contributed by atoms with van der Waals surface area (Å²) in [5.74, 6) is 0.522. The SMILES string of the molecule is Cc1cc(C(=O)N2CCOC[C@H]2c2cccn2C)no1. The molecule has 2 aromatic heterocycles. The van der Waals surface area contributed by atoms with E-state index in [1.807, 2.05) is 29.9 Å². The molecular weight excluding hydrogens is 258 g/mol. The molecule has 0 N–H and O–H groups in total. The Morgan fingerprint density at radius 2 is 2.35 bits per heavy atom. The van der Waals surface area contributed by atoms with E-state index in [9.17, 15) is 4.79 Å². The lowest BCUT2D eigenvalue weighted by atomic mass is 10.1. The Hall–Kier alpha value is -2.08. The van der Waals surface area contributed by atoms with Gasteiger partial charge >= 0.3 is 0 Å². The maximum Gasteiger partial charge on any atom is 0.276 e. The third-order valence-electron chi connectivity index (χ3n) is 3.56. The molecule has 0 unspecified atom stereocenters. The van der Waals surface area contributed by atoms with Gasteiger partial charge < -0.3 is 18.7 Å². The molecular formula is C14H17N3O3. The molecule has 1 aliphatic heterocycles. The molecule has 3 rings (SSSR count). The molecule has 106 valence electrons. The summed E-state index contributed by atoms with van der Waals surface area (Å²) >= 11 is 0. The minimum Gasteiger partial charge on any atom is -0.377 e. The van der Waals surface area contributed by atoms with Crippen molar-refractivity contribution in [3.8, 4) is 0 Å². The van der Waals surface area contributed by atoms with Gasteiger partial charge in [0.1, 0.15) is 5.76 Å².